The number of aromatic nitrogens is 2. The Labute approximate surface area is 168 Å². The molecule has 9 heteroatoms. The summed E-state index contributed by atoms with van der Waals surface area (Å²) in [7, 11) is -6.74. The van der Waals surface area contributed by atoms with E-state index in [2.05, 4.69) is 54.8 Å². The molecule has 0 aliphatic carbocycles. The molecule has 6 nitrogen and oxygen atoms in total. The average molecular weight is 471 g/mol. The molecule has 0 fully saturated rings. The molecular formula is C18H23BrN2O4SSi. The summed E-state index contributed by atoms with van der Waals surface area (Å²) in [6.45, 7) is 10.3. The van der Waals surface area contributed by atoms with Crippen LogP contribution < -0.4 is 5.45 Å². The van der Waals surface area contributed by atoms with E-state index in [0.717, 1.165) is 25.0 Å². The fourth-order valence-corrected chi connectivity index (χ4v) is 6.64. The van der Waals surface area contributed by atoms with Crippen LogP contribution in [0.15, 0.2) is 39.5 Å². The molecule has 0 saturated heterocycles. The molecule has 146 valence electrons. The van der Waals surface area contributed by atoms with Crippen LogP contribution in [0, 0.1) is 0 Å². The molecule has 2 heterocycles. The Balaban J connectivity index is 2.14. The molecule has 3 rings (SSSR count). The Morgan fingerprint density at radius 3 is 2.56 bits per heavy atom. The van der Waals surface area contributed by atoms with Gasteiger partial charge < -0.3 is 4.42 Å². The van der Waals surface area contributed by atoms with E-state index in [1.807, 2.05) is 18.2 Å². The molecule has 0 radical (unpaired) electrons. The minimum atomic E-state index is -4.43. The number of fused-ring (bicyclic) bond motifs is 1. The molecule has 0 saturated carbocycles. The zero-order chi connectivity index (χ0) is 20.2. The van der Waals surface area contributed by atoms with E-state index in [1.54, 1.807) is 6.26 Å². The number of rotatable bonds is 4. The van der Waals surface area contributed by atoms with Crippen molar-refractivity contribution in [3.63, 3.8) is 0 Å². The van der Waals surface area contributed by atoms with Crippen molar-refractivity contribution < 1.29 is 17.4 Å². The Kier molecular flexibility index (Phi) is 4.95. The van der Waals surface area contributed by atoms with Crippen LogP contribution in [0.5, 0.6) is 0 Å². The van der Waals surface area contributed by atoms with Crippen LogP contribution in [0.4, 0.5) is 0 Å². The van der Waals surface area contributed by atoms with Gasteiger partial charge in [0, 0.05) is 28.0 Å². The smallest absolute Gasteiger partial charge is 0.364 e. The summed E-state index contributed by atoms with van der Waals surface area (Å²) in [4.78, 5) is 4.66. The van der Waals surface area contributed by atoms with Crippen molar-refractivity contribution in [2.75, 3.05) is 0 Å². The quantitative estimate of drug-likeness (QED) is 0.452. The molecule has 27 heavy (non-hydrogen) atoms. The van der Waals surface area contributed by atoms with Crippen molar-refractivity contribution >= 4 is 50.7 Å². The number of hydrogen-bond acceptors (Lipinski definition) is 4. The summed E-state index contributed by atoms with van der Waals surface area (Å²) in [6.07, 6.45) is 3.44. The maximum atomic E-state index is 12.0. The Morgan fingerprint density at radius 2 is 1.96 bits per heavy atom. The van der Waals surface area contributed by atoms with E-state index < -0.39 is 18.4 Å². The van der Waals surface area contributed by atoms with Gasteiger partial charge in [-0.25, -0.2) is 8.96 Å². The first-order valence-electron chi connectivity index (χ1n) is 8.53. The summed E-state index contributed by atoms with van der Waals surface area (Å²) in [6, 6.07) is 5.77. The highest BCUT2D eigenvalue weighted by Gasteiger charge is 2.42. The lowest BCUT2D eigenvalue weighted by atomic mass is 10.1. The molecule has 0 spiro atoms. The first kappa shape index (κ1) is 20.3. The highest BCUT2D eigenvalue weighted by molar-refractivity contribution is 9.10. The van der Waals surface area contributed by atoms with E-state index in [0.29, 0.717) is 17.6 Å². The van der Waals surface area contributed by atoms with E-state index >= 15 is 0 Å². The molecule has 0 aliphatic heterocycles. The highest BCUT2D eigenvalue weighted by atomic mass is 79.9. The highest BCUT2D eigenvalue weighted by Crippen LogP contribution is 2.35. The Morgan fingerprint density at radius 1 is 1.30 bits per heavy atom. The molecule has 1 N–H and O–H groups in total. The molecular weight excluding hydrogens is 448 g/mol. The monoisotopic (exact) mass is 470 g/mol. The van der Waals surface area contributed by atoms with Crippen LogP contribution in [0.3, 0.4) is 0 Å². The summed E-state index contributed by atoms with van der Waals surface area (Å²) in [5.41, 5.74) is 2.65. The second-order valence-electron chi connectivity index (χ2n) is 8.29. The lowest BCUT2D eigenvalue weighted by Gasteiger charge is -2.35. The third-order valence-corrected chi connectivity index (χ3v) is 12.0. The normalized spacial score (nSPS) is 13.4. The minimum absolute atomic E-state index is 0.137. The minimum Gasteiger partial charge on any atom is -0.464 e. The standard InChI is InChI=1S/C18H23BrN2O4SSi/c1-18(2,3)27(4,5)17-20-15(11-21(17)26(22,23)24)10-13-9-14(19)8-12-6-7-25-16(12)13/h6-9,11H,10H2,1-5H3,(H,22,23,24). The van der Waals surface area contributed by atoms with Crippen LogP contribution in [0.25, 0.3) is 11.0 Å². The summed E-state index contributed by atoms with van der Waals surface area (Å²) >= 11 is 3.49. The van der Waals surface area contributed by atoms with Gasteiger partial charge in [0.25, 0.3) is 0 Å². The summed E-state index contributed by atoms with van der Waals surface area (Å²) in [5.74, 6) is 0. The van der Waals surface area contributed by atoms with Crippen molar-refractivity contribution in [3.05, 3.63) is 46.4 Å². The van der Waals surface area contributed by atoms with Crippen molar-refractivity contribution in [3.8, 4) is 0 Å². The number of furan rings is 1. The van der Waals surface area contributed by atoms with E-state index in [4.69, 9.17) is 4.42 Å². The summed E-state index contributed by atoms with van der Waals surface area (Å²) in [5, 5.41) is 0.820. The van der Waals surface area contributed by atoms with Gasteiger partial charge in [-0.3, -0.25) is 4.55 Å². The zero-order valence-corrected chi connectivity index (χ0v) is 19.3. The largest absolute Gasteiger partial charge is 0.464 e. The molecule has 2 aromatic heterocycles. The number of imidazole rings is 1. The van der Waals surface area contributed by atoms with Gasteiger partial charge in [0.15, 0.2) is 0 Å². The molecule has 0 aliphatic rings. The molecule has 0 unspecified atom stereocenters. The first-order valence-corrected chi connectivity index (χ1v) is 13.7. The van der Waals surface area contributed by atoms with Gasteiger partial charge >= 0.3 is 10.3 Å². The fourth-order valence-electron chi connectivity index (χ4n) is 2.86. The average Bonchev–Trinajstić information content (AvgIpc) is 3.12. The van der Waals surface area contributed by atoms with Gasteiger partial charge in [0.2, 0.25) is 0 Å². The Bertz CT molecular complexity index is 1110. The lowest BCUT2D eigenvalue weighted by molar-refractivity contribution is 0.473. The van der Waals surface area contributed by atoms with Gasteiger partial charge in [-0.1, -0.05) is 49.8 Å². The second kappa shape index (κ2) is 6.58. The predicted molar refractivity (Wildman–Crippen MR) is 113 cm³/mol. The van der Waals surface area contributed by atoms with E-state index in [1.165, 1.54) is 6.20 Å². The lowest BCUT2D eigenvalue weighted by Crippen LogP contribution is -2.54. The summed E-state index contributed by atoms with van der Waals surface area (Å²) < 4.78 is 41.2. The third-order valence-electron chi connectivity index (χ3n) is 5.37. The zero-order valence-electron chi connectivity index (χ0n) is 15.9. The van der Waals surface area contributed by atoms with Gasteiger partial charge in [-0.05, 0) is 23.2 Å². The third kappa shape index (κ3) is 3.78. The second-order valence-corrected chi connectivity index (χ2v) is 15.7. The molecule has 1 aromatic carbocycles. The molecule has 0 atom stereocenters. The number of nitrogens with zero attached hydrogens (tertiary/aromatic N) is 2. The van der Waals surface area contributed by atoms with Crippen molar-refractivity contribution in [1.29, 1.82) is 0 Å². The van der Waals surface area contributed by atoms with Gasteiger partial charge in [0.05, 0.1) is 12.0 Å². The van der Waals surface area contributed by atoms with Gasteiger partial charge in [-0.2, -0.15) is 8.42 Å². The van der Waals surface area contributed by atoms with Crippen LogP contribution in [0.1, 0.15) is 32.0 Å². The van der Waals surface area contributed by atoms with Gasteiger partial charge in [-0.15, -0.1) is 0 Å². The Hall–Kier alpha value is -1.42. The van der Waals surface area contributed by atoms with Crippen LogP contribution in [-0.2, 0) is 16.7 Å². The van der Waals surface area contributed by atoms with Gasteiger partial charge in [0.1, 0.15) is 19.1 Å². The number of halogens is 1. The predicted octanol–water partition coefficient (Wildman–Crippen LogP) is 4.35. The number of hydrogen-bond donors (Lipinski definition) is 1. The van der Waals surface area contributed by atoms with Crippen molar-refractivity contribution in [1.82, 2.24) is 8.96 Å². The van der Waals surface area contributed by atoms with Crippen molar-refractivity contribution in [2.45, 2.75) is 45.3 Å². The van der Waals surface area contributed by atoms with Crippen LogP contribution in [0.2, 0.25) is 18.1 Å². The first-order chi connectivity index (χ1) is 12.3. The topological polar surface area (TPSA) is 85.3 Å². The van der Waals surface area contributed by atoms with E-state index in [9.17, 15) is 13.0 Å². The SMILES string of the molecule is CC(C)(C)[Si](C)(C)c1nc(Cc2cc(Br)cc3ccoc23)cn1S(=O)(=O)O. The molecule has 0 amide bonds. The van der Waals surface area contributed by atoms with Crippen LogP contribution in [-0.4, -0.2) is 30.0 Å². The molecule has 3 aromatic rings. The fraction of sp³-hybridized carbons (Fsp3) is 0.389. The number of benzene rings is 1. The maximum absolute atomic E-state index is 12.0. The van der Waals surface area contributed by atoms with E-state index in [-0.39, 0.29) is 5.04 Å². The maximum Gasteiger partial charge on any atom is 0.364 e. The van der Waals surface area contributed by atoms with Crippen LogP contribution >= 0.6 is 15.9 Å². The molecule has 0 bridgehead atoms. The van der Waals surface area contributed by atoms with Crippen molar-refractivity contribution in [2.24, 2.45) is 0 Å².